The third kappa shape index (κ3) is 3.51. The van der Waals surface area contributed by atoms with E-state index in [0.29, 0.717) is 0 Å². The lowest BCUT2D eigenvalue weighted by Gasteiger charge is -2.23. The van der Waals surface area contributed by atoms with Crippen molar-refractivity contribution in [2.75, 3.05) is 18.5 Å². The Morgan fingerprint density at radius 2 is 2.11 bits per heavy atom. The van der Waals surface area contributed by atoms with Crippen LogP contribution >= 0.6 is 15.9 Å². The van der Waals surface area contributed by atoms with Crippen molar-refractivity contribution in [3.8, 4) is 0 Å². The molecule has 3 heteroatoms. The second kappa shape index (κ2) is 5.45. The topological polar surface area (TPSA) is 15.3 Å². The molecule has 0 radical (unpaired) electrons. The molecule has 104 valence electrons. The summed E-state index contributed by atoms with van der Waals surface area (Å²) in [7, 11) is 2.23. The van der Waals surface area contributed by atoms with Crippen LogP contribution in [0.4, 0.5) is 5.69 Å². The van der Waals surface area contributed by atoms with E-state index in [1.54, 1.807) is 0 Å². The minimum atomic E-state index is 0.764. The van der Waals surface area contributed by atoms with Gasteiger partial charge in [0.15, 0.2) is 0 Å². The molecule has 1 aromatic carbocycles. The van der Waals surface area contributed by atoms with Gasteiger partial charge in [0.25, 0.3) is 0 Å². The fourth-order valence-electron chi connectivity index (χ4n) is 2.71. The zero-order valence-electron chi connectivity index (χ0n) is 11.8. The maximum Gasteiger partial charge on any atom is 0.0410 e. The van der Waals surface area contributed by atoms with Crippen molar-refractivity contribution in [2.45, 2.75) is 38.8 Å². The Morgan fingerprint density at radius 3 is 2.74 bits per heavy atom. The summed E-state index contributed by atoms with van der Waals surface area (Å²) in [5, 5.41) is 3.63. The van der Waals surface area contributed by atoms with Crippen molar-refractivity contribution in [1.29, 1.82) is 0 Å². The molecular weight excluding hydrogens is 300 g/mol. The molecule has 2 fully saturated rings. The number of hydrogen-bond donors (Lipinski definition) is 1. The predicted octanol–water partition coefficient (Wildman–Crippen LogP) is 3.79. The van der Waals surface area contributed by atoms with E-state index in [4.69, 9.17) is 0 Å². The predicted molar refractivity (Wildman–Crippen MR) is 84.5 cm³/mol. The van der Waals surface area contributed by atoms with E-state index >= 15 is 0 Å². The van der Waals surface area contributed by atoms with Gasteiger partial charge < -0.3 is 10.2 Å². The zero-order valence-corrected chi connectivity index (χ0v) is 13.4. The van der Waals surface area contributed by atoms with Crippen molar-refractivity contribution < 1.29 is 0 Å². The van der Waals surface area contributed by atoms with Gasteiger partial charge in [0.1, 0.15) is 0 Å². The summed E-state index contributed by atoms with van der Waals surface area (Å²) in [5.41, 5.74) is 2.80. The van der Waals surface area contributed by atoms with E-state index in [1.807, 2.05) is 0 Å². The summed E-state index contributed by atoms with van der Waals surface area (Å²) >= 11 is 3.59. The Bertz CT molecular complexity index is 456. The lowest BCUT2D eigenvalue weighted by molar-refractivity contribution is 0.679. The SMILES string of the molecule is CC1CC1CN(C)c1ccc(Br)cc1CNC1CC1. The van der Waals surface area contributed by atoms with Crippen molar-refractivity contribution in [1.82, 2.24) is 5.32 Å². The van der Waals surface area contributed by atoms with Gasteiger partial charge in [-0.1, -0.05) is 22.9 Å². The van der Waals surface area contributed by atoms with Crippen molar-refractivity contribution in [3.05, 3.63) is 28.2 Å². The molecule has 2 nitrogen and oxygen atoms in total. The largest absolute Gasteiger partial charge is 0.374 e. The second-order valence-electron chi connectivity index (χ2n) is 6.28. The fourth-order valence-corrected chi connectivity index (χ4v) is 3.12. The molecule has 19 heavy (non-hydrogen) atoms. The van der Waals surface area contributed by atoms with Crippen LogP contribution in [0.5, 0.6) is 0 Å². The van der Waals surface area contributed by atoms with Crippen LogP contribution in [-0.4, -0.2) is 19.6 Å². The molecule has 0 heterocycles. The first-order valence-electron chi connectivity index (χ1n) is 7.36. The molecule has 0 aromatic heterocycles. The molecule has 2 atom stereocenters. The standard InChI is InChI=1S/C16H23BrN2/c1-11-7-13(11)10-19(2)16-6-3-14(17)8-12(16)9-18-15-4-5-15/h3,6,8,11,13,15,18H,4-5,7,9-10H2,1-2H3. The highest BCUT2D eigenvalue weighted by Gasteiger charge is 2.33. The van der Waals surface area contributed by atoms with Gasteiger partial charge in [0, 0.05) is 36.3 Å². The highest BCUT2D eigenvalue weighted by Crippen LogP contribution is 2.39. The zero-order chi connectivity index (χ0) is 13.4. The van der Waals surface area contributed by atoms with Crippen LogP contribution in [0.2, 0.25) is 0 Å². The highest BCUT2D eigenvalue weighted by atomic mass is 79.9. The molecule has 2 unspecified atom stereocenters. The number of benzene rings is 1. The lowest BCUT2D eigenvalue weighted by atomic mass is 10.1. The monoisotopic (exact) mass is 322 g/mol. The summed E-state index contributed by atoms with van der Waals surface area (Å²) in [6.07, 6.45) is 4.09. The van der Waals surface area contributed by atoms with Crippen LogP contribution in [0.3, 0.4) is 0 Å². The van der Waals surface area contributed by atoms with Gasteiger partial charge in [-0.15, -0.1) is 0 Å². The van der Waals surface area contributed by atoms with E-state index < -0.39 is 0 Å². The number of nitrogens with one attached hydrogen (secondary N) is 1. The van der Waals surface area contributed by atoms with Gasteiger partial charge >= 0.3 is 0 Å². The van der Waals surface area contributed by atoms with Gasteiger partial charge in [-0.05, 0) is 54.9 Å². The Kier molecular flexibility index (Phi) is 3.86. The van der Waals surface area contributed by atoms with E-state index in [1.165, 1.54) is 41.5 Å². The molecule has 1 N–H and O–H groups in total. The van der Waals surface area contributed by atoms with Crippen molar-refractivity contribution in [3.63, 3.8) is 0 Å². The number of anilines is 1. The average Bonchev–Trinajstić information content (AvgIpc) is 3.27. The van der Waals surface area contributed by atoms with Gasteiger partial charge in [0.05, 0.1) is 0 Å². The Morgan fingerprint density at radius 1 is 1.37 bits per heavy atom. The third-order valence-corrected chi connectivity index (χ3v) is 4.89. The maximum atomic E-state index is 3.63. The minimum absolute atomic E-state index is 0.764. The average molecular weight is 323 g/mol. The summed E-state index contributed by atoms with van der Waals surface area (Å²) in [5.74, 6) is 1.82. The van der Waals surface area contributed by atoms with E-state index in [9.17, 15) is 0 Å². The van der Waals surface area contributed by atoms with Crippen LogP contribution in [0.25, 0.3) is 0 Å². The lowest BCUT2D eigenvalue weighted by Crippen LogP contribution is -2.24. The minimum Gasteiger partial charge on any atom is -0.374 e. The first-order valence-corrected chi connectivity index (χ1v) is 8.15. The number of halogens is 1. The van der Waals surface area contributed by atoms with Crippen molar-refractivity contribution in [2.24, 2.45) is 11.8 Å². The molecule has 0 aliphatic heterocycles. The van der Waals surface area contributed by atoms with Gasteiger partial charge in [-0.3, -0.25) is 0 Å². The Balaban J connectivity index is 1.69. The molecule has 2 saturated carbocycles. The van der Waals surface area contributed by atoms with Crippen LogP contribution in [0.1, 0.15) is 31.7 Å². The van der Waals surface area contributed by atoms with E-state index in [-0.39, 0.29) is 0 Å². The molecule has 1 aromatic rings. The molecule has 3 rings (SSSR count). The second-order valence-corrected chi connectivity index (χ2v) is 7.20. The van der Waals surface area contributed by atoms with Gasteiger partial charge in [-0.2, -0.15) is 0 Å². The molecule has 0 amide bonds. The summed E-state index contributed by atoms with van der Waals surface area (Å²) in [6.45, 7) is 4.54. The summed E-state index contributed by atoms with van der Waals surface area (Å²) in [6, 6.07) is 7.43. The fraction of sp³-hybridized carbons (Fsp3) is 0.625. The smallest absolute Gasteiger partial charge is 0.0410 e. The van der Waals surface area contributed by atoms with Gasteiger partial charge in [-0.25, -0.2) is 0 Å². The number of rotatable bonds is 6. The first-order chi connectivity index (χ1) is 9.13. The Labute approximate surface area is 124 Å². The summed E-state index contributed by atoms with van der Waals surface area (Å²) < 4.78 is 1.18. The molecule has 2 aliphatic rings. The maximum absolute atomic E-state index is 3.63. The molecule has 2 aliphatic carbocycles. The van der Waals surface area contributed by atoms with E-state index in [2.05, 4.69) is 58.3 Å². The highest BCUT2D eigenvalue weighted by molar-refractivity contribution is 9.10. The van der Waals surface area contributed by atoms with Crippen LogP contribution < -0.4 is 10.2 Å². The molecule has 0 saturated heterocycles. The van der Waals surface area contributed by atoms with Gasteiger partial charge in [0.2, 0.25) is 0 Å². The van der Waals surface area contributed by atoms with Crippen LogP contribution in [0.15, 0.2) is 22.7 Å². The normalized spacial score (nSPS) is 25.4. The molecule has 0 spiro atoms. The quantitative estimate of drug-likeness (QED) is 0.857. The number of nitrogens with zero attached hydrogens (tertiary/aromatic N) is 1. The van der Waals surface area contributed by atoms with E-state index in [0.717, 1.165) is 24.4 Å². The summed E-state index contributed by atoms with van der Waals surface area (Å²) in [4.78, 5) is 2.44. The molecular formula is C16H23BrN2. The molecule has 0 bridgehead atoms. The first kappa shape index (κ1) is 13.4. The van der Waals surface area contributed by atoms with Crippen molar-refractivity contribution >= 4 is 21.6 Å². The third-order valence-electron chi connectivity index (χ3n) is 4.40. The number of hydrogen-bond acceptors (Lipinski definition) is 2. The Hall–Kier alpha value is -0.540. The van der Waals surface area contributed by atoms with Crippen LogP contribution in [-0.2, 0) is 6.54 Å². The van der Waals surface area contributed by atoms with Crippen LogP contribution in [0, 0.1) is 11.8 Å².